The van der Waals surface area contributed by atoms with Crippen LogP contribution in [0, 0.1) is 37.3 Å². The first kappa shape index (κ1) is 46.9. The zero-order chi connectivity index (χ0) is 41.4. The topological polar surface area (TPSA) is 101 Å². The summed E-state index contributed by atoms with van der Waals surface area (Å²) in [6.45, 7) is 12.1. The van der Waals surface area contributed by atoms with Crippen molar-refractivity contribution in [2.75, 3.05) is 27.2 Å². The van der Waals surface area contributed by atoms with Crippen LogP contribution in [0.2, 0.25) is 0 Å². The summed E-state index contributed by atoms with van der Waals surface area (Å²) in [7, 11) is 4.27. The van der Waals surface area contributed by atoms with Gasteiger partial charge in [-0.05, 0) is 147 Å². The molecule has 2 saturated heterocycles. The van der Waals surface area contributed by atoms with Gasteiger partial charge in [0.15, 0.2) is 5.78 Å². The Hall–Kier alpha value is -4.16. The monoisotopic (exact) mass is 826 g/mol. The van der Waals surface area contributed by atoms with Crippen LogP contribution in [-0.2, 0) is 0 Å². The second-order valence-corrected chi connectivity index (χ2v) is 16.7. The van der Waals surface area contributed by atoms with Crippen molar-refractivity contribution >= 4 is 33.6 Å². The number of hydrogen-bond acceptors (Lipinski definition) is 5. The maximum Gasteiger partial charge on any atom is 1.00 e. The number of likely N-dealkylation sites (tertiary alicyclic amines) is 2. The molecule has 2 aromatic heterocycles. The molecule has 60 heavy (non-hydrogen) atoms. The van der Waals surface area contributed by atoms with Gasteiger partial charge in [0.05, 0.1) is 5.56 Å². The Morgan fingerprint density at radius 2 is 1.00 bits per heavy atom. The Balaban J connectivity index is 0.000000220. The van der Waals surface area contributed by atoms with Gasteiger partial charge in [-0.2, -0.15) is 0 Å². The summed E-state index contributed by atoms with van der Waals surface area (Å²) >= 11 is 0. The molecule has 2 N–H and O–H groups in total. The number of ketones is 1. The summed E-state index contributed by atoms with van der Waals surface area (Å²) in [4.78, 5) is 29.0. The summed E-state index contributed by atoms with van der Waals surface area (Å²) in [6.07, 6.45) is 4.13. The summed E-state index contributed by atoms with van der Waals surface area (Å²) in [5.41, 5.74) is 7.53. The molecule has 11 heteroatoms. The molecular weight excluding hydrogens is 770 g/mol. The van der Waals surface area contributed by atoms with Crippen LogP contribution in [0.4, 0.5) is 8.78 Å². The third kappa shape index (κ3) is 9.20. The van der Waals surface area contributed by atoms with Gasteiger partial charge in [-0.1, -0.05) is 60.7 Å². The van der Waals surface area contributed by atoms with Crippen molar-refractivity contribution in [2.45, 2.75) is 84.5 Å². The predicted octanol–water partition coefficient (Wildman–Crippen LogP) is 8.19. The van der Waals surface area contributed by atoms with Crippen LogP contribution in [0.5, 0.6) is 0 Å². The predicted molar refractivity (Wildman–Crippen MR) is 231 cm³/mol. The van der Waals surface area contributed by atoms with Crippen LogP contribution in [-0.4, -0.2) is 68.5 Å². The minimum Gasteiger partial charge on any atom is -0.870 e. The van der Waals surface area contributed by atoms with Gasteiger partial charge in [0, 0.05) is 62.9 Å². The van der Waals surface area contributed by atoms with Gasteiger partial charge in [-0.15, -0.1) is 0 Å². The molecule has 0 spiro atoms. The number of benzene rings is 4. The third-order valence-corrected chi connectivity index (χ3v) is 13.4. The number of Topliss-reactive ketones (excluding diaryl/α,β-unsaturated/α-hetero) is 1. The minimum atomic E-state index is -0.878. The molecule has 8 nitrogen and oxygen atoms in total. The number of aromatic carboxylic acids is 1. The van der Waals surface area contributed by atoms with Gasteiger partial charge in [-0.25, -0.2) is 13.6 Å². The maximum atomic E-state index is 13.4. The molecule has 6 aromatic rings. The Kier molecular flexibility index (Phi) is 15.4. The summed E-state index contributed by atoms with van der Waals surface area (Å²) in [5.74, 6) is -0.279. The average molecular weight is 827 g/mol. The average Bonchev–Trinajstić information content (AvgIpc) is 3.68. The van der Waals surface area contributed by atoms with Crippen LogP contribution >= 0.6 is 0 Å². The Bertz CT molecular complexity index is 2260. The molecule has 0 bridgehead atoms. The number of rotatable bonds is 8. The van der Waals surface area contributed by atoms with Crippen molar-refractivity contribution in [1.82, 2.24) is 18.9 Å². The first-order chi connectivity index (χ1) is 27.8. The molecular formula is C49H57F2N4NaO4. The summed E-state index contributed by atoms with van der Waals surface area (Å²) in [6, 6.07) is 30.7. The molecule has 4 heterocycles. The van der Waals surface area contributed by atoms with Gasteiger partial charge in [0.1, 0.15) is 11.6 Å². The second-order valence-electron chi connectivity index (χ2n) is 16.7. The van der Waals surface area contributed by atoms with E-state index < -0.39 is 5.97 Å². The Morgan fingerprint density at radius 1 is 0.633 bits per heavy atom. The number of carbonyl (C=O) groups is 2. The van der Waals surface area contributed by atoms with E-state index in [4.69, 9.17) is 0 Å². The zero-order valence-electron chi connectivity index (χ0n) is 36.2. The van der Waals surface area contributed by atoms with Crippen molar-refractivity contribution in [2.24, 2.45) is 11.8 Å². The van der Waals surface area contributed by atoms with E-state index in [0.717, 1.165) is 83.1 Å². The number of piperidine rings is 2. The summed E-state index contributed by atoms with van der Waals surface area (Å²) in [5, 5.41) is 11.6. The number of carbonyl (C=O) groups excluding carboxylic acids is 1. The van der Waals surface area contributed by atoms with E-state index in [-0.39, 0.29) is 76.6 Å². The van der Waals surface area contributed by atoms with Crippen molar-refractivity contribution in [3.05, 3.63) is 142 Å². The van der Waals surface area contributed by atoms with E-state index in [1.54, 1.807) is 19.1 Å². The molecule has 0 radical (unpaired) electrons. The van der Waals surface area contributed by atoms with Gasteiger partial charge < -0.3 is 19.7 Å². The quantitative estimate of drug-likeness (QED) is 0.123. The van der Waals surface area contributed by atoms with Crippen molar-refractivity contribution < 1.29 is 58.5 Å². The standard InChI is InChI=1S/C25H29FN2O.C24H27FN2O2.Na.H2O/c1-16(28-17(2)25(18(3)29)22-7-5-6-8-23(22)28)20-13-14-27(4)24(15-20)19-9-11-21(26)12-10-19;1-15(27-16(2)23(24(28)29)20-6-4-5-7-21(20)27)18-12-13-26(3)22(14-18)17-8-10-19(25)11-9-17;;/h5-12,16,20,24H,13-15H2,1-4H3;4-11,15,18,22H,12-14H2,1-3H3,(H,28,29);;1H2/q;;+1;/p-1. The SMILES string of the molecule is CC(=O)c1c(C)n(C(C)C2CCN(C)C(c3ccc(F)cc3)C2)c2ccccc12.Cc1c(C(=O)O)c2ccccc2n1C(C)C1CCN(C)C(c2ccc(F)cc2)C1.[Na+].[OH-]. The first-order valence-electron chi connectivity index (χ1n) is 20.6. The molecule has 0 aliphatic carbocycles. The number of hydrogen-bond donors (Lipinski definition) is 1. The smallest absolute Gasteiger partial charge is 0.870 e. The number of aromatic nitrogens is 2. The van der Waals surface area contributed by atoms with Gasteiger partial charge in [0.2, 0.25) is 0 Å². The van der Waals surface area contributed by atoms with Crippen LogP contribution in [0.15, 0.2) is 97.1 Å². The van der Waals surface area contributed by atoms with E-state index in [1.165, 1.54) is 17.7 Å². The van der Waals surface area contributed by atoms with E-state index in [0.29, 0.717) is 17.4 Å². The van der Waals surface area contributed by atoms with Crippen molar-refractivity contribution in [3.8, 4) is 0 Å². The molecule has 2 aliphatic rings. The van der Waals surface area contributed by atoms with E-state index in [1.807, 2.05) is 67.6 Å². The van der Waals surface area contributed by atoms with E-state index >= 15 is 0 Å². The second kappa shape index (κ2) is 19.7. The van der Waals surface area contributed by atoms with Crippen LogP contribution in [0.3, 0.4) is 0 Å². The minimum absolute atomic E-state index is 0. The number of carboxylic acids is 1. The maximum absolute atomic E-state index is 13.4. The van der Waals surface area contributed by atoms with Crippen LogP contribution in [0.25, 0.3) is 21.8 Å². The van der Waals surface area contributed by atoms with Gasteiger partial charge in [-0.3, -0.25) is 14.6 Å². The van der Waals surface area contributed by atoms with Crippen molar-refractivity contribution in [3.63, 3.8) is 0 Å². The zero-order valence-corrected chi connectivity index (χ0v) is 38.2. The molecule has 2 aliphatic heterocycles. The number of nitrogens with zero attached hydrogens (tertiary/aromatic N) is 4. The molecule has 6 atom stereocenters. The van der Waals surface area contributed by atoms with Crippen LogP contribution in [0.1, 0.15) is 114 Å². The number of para-hydroxylation sites is 2. The molecule has 6 unspecified atom stereocenters. The fourth-order valence-corrected chi connectivity index (χ4v) is 10.2. The largest absolute Gasteiger partial charge is 1.00 e. The van der Waals surface area contributed by atoms with Crippen LogP contribution < -0.4 is 29.6 Å². The Morgan fingerprint density at radius 3 is 1.38 bits per heavy atom. The fraction of sp³-hybridized carbons (Fsp3) is 0.388. The Labute approximate surface area is 374 Å². The number of fused-ring (bicyclic) bond motifs is 2. The summed E-state index contributed by atoms with van der Waals surface area (Å²) < 4.78 is 31.3. The van der Waals surface area contributed by atoms with E-state index in [9.17, 15) is 23.5 Å². The molecule has 0 amide bonds. The molecule has 4 aromatic carbocycles. The molecule has 2 fully saturated rings. The number of carboxylic acid groups (broad SMARTS) is 1. The molecule has 0 saturated carbocycles. The van der Waals surface area contributed by atoms with Crippen molar-refractivity contribution in [1.29, 1.82) is 0 Å². The third-order valence-electron chi connectivity index (χ3n) is 13.4. The van der Waals surface area contributed by atoms with E-state index in [2.05, 4.69) is 65.9 Å². The normalized spacial score (nSPS) is 20.7. The molecule has 8 rings (SSSR count). The number of halogens is 2. The van der Waals surface area contributed by atoms with Gasteiger partial charge >= 0.3 is 35.5 Å². The molecule has 312 valence electrons. The first-order valence-corrected chi connectivity index (χ1v) is 20.6. The van der Waals surface area contributed by atoms with Gasteiger partial charge in [0.25, 0.3) is 0 Å². The fourth-order valence-electron chi connectivity index (χ4n) is 10.2.